The van der Waals surface area contributed by atoms with E-state index in [4.69, 9.17) is 21.3 Å². The Labute approximate surface area is 161 Å². The molecule has 0 radical (unpaired) electrons. The second-order valence-electron chi connectivity index (χ2n) is 5.76. The summed E-state index contributed by atoms with van der Waals surface area (Å²) in [6.45, 7) is 2.58. The Morgan fingerprint density at radius 2 is 2.00 bits per heavy atom. The molecule has 0 fully saturated rings. The van der Waals surface area contributed by atoms with Gasteiger partial charge >= 0.3 is 0 Å². The number of aryl methyl sites for hydroxylation is 1. The fraction of sp³-hybridized carbons (Fsp3) is 0.200. The number of thiazole rings is 1. The van der Waals surface area contributed by atoms with Crippen LogP contribution in [0.3, 0.4) is 0 Å². The highest BCUT2D eigenvalue weighted by molar-refractivity contribution is 7.12. The van der Waals surface area contributed by atoms with Crippen LogP contribution in [0.1, 0.15) is 20.2 Å². The summed E-state index contributed by atoms with van der Waals surface area (Å²) >= 11 is 7.67. The highest BCUT2D eigenvalue weighted by Gasteiger charge is 2.11. The van der Waals surface area contributed by atoms with Crippen molar-refractivity contribution in [2.75, 3.05) is 13.7 Å². The van der Waals surface area contributed by atoms with Gasteiger partial charge in [-0.25, -0.2) is 4.98 Å². The molecule has 0 unspecified atom stereocenters. The number of benzene rings is 2. The second-order valence-corrected chi connectivity index (χ2v) is 7.49. The Kier molecular flexibility index (Phi) is 5.91. The molecular formula is C20H19ClN2O2S. The molecule has 1 aromatic heterocycles. The maximum atomic E-state index is 12.3. The molecule has 0 aliphatic rings. The Morgan fingerprint density at radius 1 is 1.23 bits per heavy atom. The molecule has 2 aromatic carbocycles. The van der Waals surface area contributed by atoms with Crippen molar-refractivity contribution >= 4 is 28.8 Å². The smallest absolute Gasteiger partial charge is 0.251 e. The molecule has 0 aliphatic heterocycles. The van der Waals surface area contributed by atoms with Gasteiger partial charge < -0.3 is 10.1 Å². The normalized spacial score (nSPS) is 10.6. The van der Waals surface area contributed by atoms with E-state index in [1.165, 1.54) is 4.88 Å². The largest absolute Gasteiger partial charge is 0.497 e. The Morgan fingerprint density at radius 3 is 2.73 bits per heavy atom. The summed E-state index contributed by atoms with van der Waals surface area (Å²) in [7, 11) is 1.54. The highest BCUT2D eigenvalue weighted by atomic mass is 35.5. The number of hydrogen-bond donors (Lipinski definition) is 1. The van der Waals surface area contributed by atoms with Crippen molar-refractivity contribution in [3.05, 3.63) is 69.0 Å². The lowest BCUT2D eigenvalue weighted by molar-refractivity contribution is 0.0954. The SMILES string of the molecule is COc1cc(Cl)cc(C(=O)NCCc2nc(-c3ccccc3)c(C)s2)c1. The molecule has 1 heterocycles. The maximum absolute atomic E-state index is 12.3. The molecule has 3 rings (SSSR count). The van der Waals surface area contributed by atoms with Crippen LogP contribution in [0.15, 0.2) is 48.5 Å². The zero-order valence-corrected chi connectivity index (χ0v) is 16.2. The lowest BCUT2D eigenvalue weighted by atomic mass is 10.1. The number of halogens is 1. The Bertz CT molecular complexity index is 909. The van der Waals surface area contributed by atoms with E-state index in [-0.39, 0.29) is 5.91 Å². The van der Waals surface area contributed by atoms with Crippen molar-refractivity contribution in [2.24, 2.45) is 0 Å². The minimum Gasteiger partial charge on any atom is -0.497 e. The lowest BCUT2D eigenvalue weighted by Crippen LogP contribution is -2.25. The summed E-state index contributed by atoms with van der Waals surface area (Å²) in [4.78, 5) is 18.2. The van der Waals surface area contributed by atoms with Crippen LogP contribution in [0.25, 0.3) is 11.3 Å². The number of ether oxygens (including phenoxy) is 1. The van der Waals surface area contributed by atoms with Gasteiger partial charge in [0.2, 0.25) is 0 Å². The molecule has 0 spiro atoms. The number of amides is 1. The topological polar surface area (TPSA) is 51.2 Å². The summed E-state index contributed by atoms with van der Waals surface area (Å²) in [5.74, 6) is 0.382. The first-order valence-corrected chi connectivity index (χ1v) is 9.41. The molecule has 0 aliphatic carbocycles. The second kappa shape index (κ2) is 8.34. The number of nitrogens with one attached hydrogen (secondary N) is 1. The third-order valence-corrected chi connectivity index (χ3v) is 5.13. The molecule has 0 bridgehead atoms. The number of methoxy groups -OCH3 is 1. The van der Waals surface area contributed by atoms with E-state index in [0.29, 0.717) is 29.3 Å². The third-order valence-electron chi connectivity index (χ3n) is 3.88. The molecule has 0 atom stereocenters. The van der Waals surface area contributed by atoms with Gasteiger partial charge in [-0.15, -0.1) is 11.3 Å². The van der Waals surface area contributed by atoms with E-state index in [0.717, 1.165) is 16.3 Å². The number of carbonyl (C=O) groups is 1. The van der Waals surface area contributed by atoms with Crippen LogP contribution in [0.2, 0.25) is 5.02 Å². The predicted molar refractivity (Wildman–Crippen MR) is 106 cm³/mol. The van der Waals surface area contributed by atoms with Crippen molar-refractivity contribution in [1.82, 2.24) is 10.3 Å². The molecule has 4 nitrogen and oxygen atoms in total. The minimum absolute atomic E-state index is 0.178. The zero-order chi connectivity index (χ0) is 18.5. The maximum Gasteiger partial charge on any atom is 0.251 e. The first-order chi connectivity index (χ1) is 12.6. The van der Waals surface area contributed by atoms with Gasteiger partial charge in [-0.3, -0.25) is 4.79 Å². The van der Waals surface area contributed by atoms with E-state index in [1.807, 2.05) is 18.2 Å². The van der Waals surface area contributed by atoms with Gasteiger partial charge in [0.1, 0.15) is 5.75 Å². The number of aromatic nitrogens is 1. The first-order valence-electron chi connectivity index (χ1n) is 8.21. The summed E-state index contributed by atoms with van der Waals surface area (Å²) in [6, 6.07) is 15.1. The van der Waals surface area contributed by atoms with Gasteiger partial charge in [0.25, 0.3) is 5.91 Å². The number of hydrogen-bond acceptors (Lipinski definition) is 4. The van der Waals surface area contributed by atoms with Gasteiger partial charge in [0.05, 0.1) is 17.8 Å². The summed E-state index contributed by atoms with van der Waals surface area (Å²) in [5.41, 5.74) is 2.61. The Hall–Kier alpha value is -2.37. The molecule has 0 saturated heterocycles. The van der Waals surface area contributed by atoms with Crippen LogP contribution in [-0.2, 0) is 6.42 Å². The zero-order valence-electron chi connectivity index (χ0n) is 14.6. The van der Waals surface area contributed by atoms with Crippen LogP contribution in [0.4, 0.5) is 0 Å². The van der Waals surface area contributed by atoms with Crippen LogP contribution in [0.5, 0.6) is 5.75 Å². The molecule has 1 amide bonds. The van der Waals surface area contributed by atoms with Crippen molar-refractivity contribution in [3.8, 4) is 17.0 Å². The van der Waals surface area contributed by atoms with E-state index in [2.05, 4.69) is 24.4 Å². The van der Waals surface area contributed by atoms with Crippen LogP contribution < -0.4 is 10.1 Å². The van der Waals surface area contributed by atoms with Gasteiger partial charge in [-0.2, -0.15) is 0 Å². The van der Waals surface area contributed by atoms with E-state index in [1.54, 1.807) is 36.6 Å². The molecule has 134 valence electrons. The molecule has 0 saturated carbocycles. The summed E-state index contributed by atoms with van der Waals surface area (Å²) in [6.07, 6.45) is 0.682. The van der Waals surface area contributed by atoms with Crippen LogP contribution in [-0.4, -0.2) is 24.5 Å². The molecule has 26 heavy (non-hydrogen) atoms. The third kappa shape index (κ3) is 4.42. The quantitative estimate of drug-likeness (QED) is 0.664. The van der Waals surface area contributed by atoms with E-state index < -0.39 is 0 Å². The minimum atomic E-state index is -0.178. The predicted octanol–water partition coefficient (Wildman–Crippen LogP) is 4.75. The van der Waals surface area contributed by atoms with Crippen molar-refractivity contribution in [3.63, 3.8) is 0 Å². The average Bonchev–Trinajstić information content (AvgIpc) is 3.02. The van der Waals surface area contributed by atoms with Gasteiger partial charge in [-0.1, -0.05) is 41.9 Å². The van der Waals surface area contributed by atoms with E-state index >= 15 is 0 Å². The molecular weight excluding hydrogens is 368 g/mol. The van der Waals surface area contributed by atoms with Crippen molar-refractivity contribution in [2.45, 2.75) is 13.3 Å². The average molecular weight is 387 g/mol. The summed E-state index contributed by atoms with van der Waals surface area (Å²) < 4.78 is 5.14. The summed E-state index contributed by atoms with van der Waals surface area (Å²) in [5, 5.41) is 4.38. The van der Waals surface area contributed by atoms with Gasteiger partial charge in [0.15, 0.2) is 0 Å². The molecule has 6 heteroatoms. The van der Waals surface area contributed by atoms with Gasteiger partial charge in [0, 0.05) is 34.0 Å². The fourth-order valence-electron chi connectivity index (χ4n) is 2.62. The van der Waals surface area contributed by atoms with Gasteiger partial charge in [-0.05, 0) is 25.1 Å². The fourth-order valence-corrected chi connectivity index (χ4v) is 3.80. The first kappa shape index (κ1) is 18.4. The number of nitrogens with zero attached hydrogens (tertiary/aromatic N) is 1. The highest BCUT2D eigenvalue weighted by Crippen LogP contribution is 2.27. The van der Waals surface area contributed by atoms with E-state index in [9.17, 15) is 4.79 Å². The van der Waals surface area contributed by atoms with Crippen molar-refractivity contribution < 1.29 is 9.53 Å². The standard InChI is InChI=1S/C20H19ClN2O2S/c1-13-19(14-6-4-3-5-7-14)23-18(26-13)8-9-22-20(24)15-10-16(21)12-17(11-15)25-2/h3-7,10-12H,8-9H2,1-2H3,(H,22,24). The molecule has 3 aromatic rings. The Balaban J connectivity index is 1.62. The monoisotopic (exact) mass is 386 g/mol. The van der Waals surface area contributed by atoms with Crippen molar-refractivity contribution in [1.29, 1.82) is 0 Å². The lowest BCUT2D eigenvalue weighted by Gasteiger charge is -2.07. The number of carbonyl (C=O) groups excluding carboxylic acids is 1. The van der Waals surface area contributed by atoms with Crippen LogP contribution >= 0.6 is 22.9 Å². The molecule has 1 N–H and O–H groups in total. The number of rotatable bonds is 6. The van der Waals surface area contributed by atoms with Crippen LogP contribution in [0, 0.1) is 6.92 Å².